The van der Waals surface area contributed by atoms with Crippen molar-refractivity contribution in [2.75, 3.05) is 0 Å². The highest BCUT2D eigenvalue weighted by molar-refractivity contribution is 6.14. The Morgan fingerprint density at radius 2 is 1.61 bits per heavy atom. The molecule has 0 N–H and O–H groups in total. The van der Waals surface area contributed by atoms with Gasteiger partial charge in [-0.15, -0.1) is 0 Å². The first kappa shape index (κ1) is 19.1. The Kier molecular flexibility index (Phi) is 4.38. The topological polar surface area (TPSA) is 21.4 Å². The molecule has 150 valence electrons. The van der Waals surface area contributed by atoms with Crippen molar-refractivity contribution < 1.29 is 8.98 Å². The van der Waals surface area contributed by atoms with E-state index >= 15 is 0 Å². The van der Waals surface area contributed by atoms with Crippen LogP contribution >= 0.6 is 0 Å². The molecule has 0 saturated carbocycles. The number of pyridine rings is 1. The second-order valence-corrected chi connectivity index (χ2v) is 8.17. The minimum absolute atomic E-state index is 0.619. The second-order valence-electron chi connectivity index (χ2n) is 8.17. The van der Waals surface area contributed by atoms with Gasteiger partial charge in [0.25, 0.3) is 0 Å². The molecule has 0 amide bonds. The SMILES string of the molecule is [C-]#[N+]c1cc(-c2ccccc2)c2oc3c(-c4c(C)c(C)cc[n+]4C)c(C)ccc3c2c1. The van der Waals surface area contributed by atoms with Gasteiger partial charge in [0.1, 0.15) is 18.2 Å². The molecule has 2 heterocycles. The van der Waals surface area contributed by atoms with Gasteiger partial charge in [-0.2, -0.15) is 0 Å². The summed E-state index contributed by atoms with van der Waals surface area (Å²) in [5.74, 6) is 0. The third-order valence-electron chi connectivity index (χ3n) is 6.23. The maximum absolute atomic E-state index is 7.62. The third-order valence-corrected chi connectivity index (χ3v) is 6.23. The summed E-state index contributed by atoms with van der Waals surface area (Å²) in [5, 5.41) is 2.02. The van der Waals surface area contributed by atoms with Crippen LogP contribution in [0.2, 0.25) is 0 Å². The van der Waals surface area contributed by atoms with E-state index in [2.05, 4.69) is 73.8 Å². The highest BCUT2D eigenvalue weighted by atomic mass is 16.3. The minimum Gasteiger partial charge on any atom is -0.455 e. The second kappa shape index (κ2) is 7.11. The number of nitrogens with zero attached hydrogens (tertiary/aromatic N) is 2. The molecule has 0 aliphatic carbocycles. The van der Waals surface area contributed by atoms with E-state index in [0.717, 1.165) is 44.3 Å². The summed E-state index contributed by atoms with van der Waals surface area (Å²) in [6.07, 6.45) is 2.10. The van der Waals surface area contributed by atoms with Gasteiger partial charge in [-0.25, -0.2) is 9.41 Å². The lowest BCUT2D eigenvalue weighted by molar-refractivity contribution is -0.660. The fourth-order valence-electron chi connectivity index (χ4n) is 4.45. The predicted molar refractivity (Wildman–Crippen MR) is 126 cm³/mol. The molecule has 0 radical (unpaired) electrons. The average Bonchev–Trinajstić information content (AvgIpc) is 3.16. The van der Waals surface area contributed by atoms with Crippen LogP contribution in [0.5, 0.6) is 0 Å². The number of fused-ring (bicyclic) bond motifs is 3. The quantitative estimate of drug-likeness (QED) is 0.225. The molecule has 0 aliphatic heterocycles. The molecule has 0 bridgehead atoms. The Labute approximate surface area is 182 Å². The lowest BCUT2D eigenvalue weighted by Crippen LogP contribution is -2.32. The zero-order valence-electron chi connectivity index (χ0n) is 18.2. The van der Waals surface area contributed by atoms with Crippen molar-refractivity contribution in [3.05, 3.63) is 95.0 Å². The van der Waals surface area contributed by atoms with Gasteiger partial charge in [0, 0.05) is 28.0 Å². The molecule has 3 nitrogen and oxygen atoms in total. The van der Waals surface area contributed by atoms with Crippen LogP contribution in [0.3, 0.4) is 0 Å². The van der Waals surface area contributed by atoms with E-state index in [4.69, 9.17) is 11.0 Å². The molecular weight excluding hydrogens is 380 g/mol. The molecule has 31 heavy (non-hydrogen) atoms. The Morgan fingerprint density at radius 1 is 0.839 bits per heavy atom. The number of aromatic nitrogens is 1. The minimum atomic E-state index is 0.619. The zero-order chi connectivity index (χ0) is 21.7. The van der Waals surface area contributed by atoms with Gasteiger partial charge >= 0.3 is 0 Å². The number of hydrogen-bond acceptors (Lipinski definition) is 1. The summed E-state index contributed by atoms with van der Waals surface area (Å²) >= 11 is 0. The van der Waals surface area contributed by atoms with E-state index in [1.54, 1.807) is 0 Å². The fourth-order valence-corrected chi connectivity index (χ4v) is 4.45. The number of furan rings is 1. The van der Waals surface area contributed by atoms with Crippen LogP contribution in [0, 0.1) is 27.3 Å². The van der Waals surface area contributed by atoms with Crippen LogP contribution in [0.1, 0.15) is 16.7 Å². The fraction of sp³-hybridized carbons (Fsp3) is 0.143. The smallest absolute Gasteiger partial charge is 0.219 e. The number of benzene rings is 3. The van der Waals surface area contributed by atoms with Crippen LogP contribution in [0.15, 0.2) is 71.3 Å². The van der Waals surface area contributed by atoms with Crippen LogP contribution in [-0.2, 0) is 7.05 Å². The Morgan fingerprint density at radius 3 is 2.35 bits per heavy atom. The molecule has 0 fully saturated rings. The van der Waals surface area contributed by atoms with E-state index in [9.17, 15) is 0 Å². The van der Waals surface area contributed by atoms with Crippen LogP contribution in [-0.4, -0.2) is 0 Å². The summed E-state index contributed by atoms with van der Waals surface area (Å²) in [6, 6.07) is 20.4. The Bertz CT molecular complexity index is 1520. The summed E-state index contributed by atoms with van der Waals surface area (Å²) in [7, 11) is 2.08. The highest BCUT2D eigenvalue weighted by Crippen LogP contribution is 2.43. The van der Waals surface area contributed by atoms with Crippen LogP contribution in [0.4, 0.5) is 5.69 Å². The summed E-state index contributed by atoms with van der Waals surface area (Å²) in [6.45, 7) is 14.1. The van der Waals surface area contributed by atoms with Gasteiger partial charge in [-0.05, 0) is 49.6 Å². The normalized spacial score (nSPS) is 11.2. The van der Waals surface area contributed by atoms with Gasteiger partial charge in [-0.3, -0.25) is 0 Å². The first-order valence-corrected chi connectivity index (χ1v) is 10.4. The van der Waals surface area contributed by atoms with Crippen molar-refractivity contribution >= 4 is 27.6 Å². The van der Waals surface area contributed by atoms with E-state index in [1.807, 2.05) is 30.3 Å². The lowest BCUT2D eigenvalue weighted by atomic mass is 9.95. The molecule has 0 saturated heterocycles. The molecule has 5 rings (SSSR count). The van der Waals surface area contributed by atoms with E-state index in [0.29, 0.717) is 5.69 Å². The standard InChI is InChI=1S/C28H23N2O/c1-17-13-14-30(5)26(19(17)3)25-18(2)11-12-22-24-16-21(29-4)15-23(27(24)31-28(22)25)20-9-7-6-8-10-20/h6-16H,1-3,5H3/q+1. The summed E-state index contributed by atoms with van der Waals surface area (Å²) in [4.78, 5) is 3.74. The number of aryl methyl sites for hydroxylation is 3. The molecule has 0 spiro atoms. The molecule has 3 heteroatoms. The molecule has 5 aromatic rings. The molecule has 0 atom stereocenters. The maximum atomic E-state index is 7.62. The number of hydrogen-bond donors (Lipinski definition) is 0. The van der Waals surface area contributed by atoms with Gasteiger partial charge < -0.3 is 4.42 Å². The first-order chi connectivity index (χ1) is 15.0. The largest absolute Gasteiger partial charge is 0.455 e. The summed E-state index contributed by atoms with van der Waals surface area (Å²) in [5.41, 5.74) is 10.3. The van der Waals surface area contributed by atoms with Crippen molar-refractivity contribution in [2.24, 2.45) is 7.05 Å². The monoisotopic (exact) mass is 403 g/mol. The molecular formula is C28H23N2O+. The van der Waals surface area contributed by atoms with Crippen molar-refractivity contribution in [2.45, 2.75) is 20.8 Å². The van der Waals surface area contributed by atoms with Gasteiger partial charge in [0.2, 0.25) is 5.69 Å². The molecule has 3 aromatic carbocycles. The van der Waals surface area contributed by atoms with Crippen LogP contribution in [0.25, 0.3) is 49.2 Å². The lowest BCUT2D eigenvalue weighted by Gasteiger charge is -2.09. The average molecular weight is 404 g/mol. The first-order valence-electron chi connectivity index (χ1n) is 10.4. The van der Waals surface area contributed by atoms with Gasteiger partial charge in [-0.1, -0.05) is 42.5 Å². The molecule has 0 aliphatic rings. The van der Waals surface area contributed by atoms with Crippen LogP contribution < -0.4 is 4.57 Å². The van der Waals surface area contributed by atoms with Crippen molar-refractivity contribution in [3.63, 3.8) is 0 Å². The van der Waals surface area contributed by atoms with Gasteiger partial charge in [0.15, 0.2) is 11.9 Å². The van der Waals surface area contributed by atoms with E-state index in [-0.39, 0.29) is 0 Å². The molecule has 2 aromatic heterocycles. The molecule has 0 unspecified atom stereocenters. The number of rotatable bonds is 2. The van der Waals surface area contributed by atoms with E-state index in [1.165, 1.54) is 16.7 Å². The zero-order valence-corrected chi connectivity index (χ0v) is 18.2. The Hall–Kier alpha value is -3.90. The maximum Gasteiger partial charge on any atom is 0.219 e. The van der Waals surface area contributed by atoms with Crippen molar-refractivity contribution in [1.82, 2.24) is 0 Å². The van der Waals surface area contributed by atoms with Gasteiger partial charge in [0.05, 0.1) is 12.1 Å². The third kappa shape index (κ3) is 2.92. The van der Waals surface area contributed by atoms with Crippen molar-refractivity contribution in [3.8, 4) is 22.4 Å². The predicted octanol–water partition coefficient (Wildman–Crippen LogP) is 7.22. The Balaban J connectivity index is 1.95. The highest BCUT2D eigenvalue weighted by Gasteiger charge is 2.24. The van der Waals surface area contributed by atoms with E-state index < -0.39 is 0 Å². The summed E-state index contributed by atoms with van der Waals surface area (Å²) < 4.78 is 8.80. The van der Waals surface area contributed by atoms with Crippen molar-refractivity contribution in [1.29, 1.82) is 0 Å².